The summed E-state index contributed by atoms with van der Waals surface area (Å²) in [5, 5.41) is 0. The molecule has 0 amide bonds. The van der Waals surface area contributed by atoms with E-state index in [1.54, 1.807) is 13.7 Å². The third kappa shape index (κ3) is 2.21. The Labute approximate surface area is 101 Å². The Balaban J connectivity index is 0.000000980. The molecule has 2 rings (SSSR count). The maximum atomic E-state index is 2.31. The molecule has 0 heterocycles. The minimum Gasteiger partial charge on any atom is -1.00 e. The Kier molecular flexibility index (Phi) is 3.19. The summed E-state index contributed by atoms with van der Waals surface area (Å²) in [6, 6.07) is 0. The fourth-order valence-electron chi connectivity index (χ4n) is 1.59. The molecule has 0 atom stereocenters. The average molecular weight is 310 g/mol. The van der Waals surface area contributed by atoms with E-state index in [1.807, 2.05) is 0 Å². The third-order valence-electron chi connectivity index (χ3n) is 2.47. The van der Waals surface area contributed by atoms with E-state index in [-0.39, 0.29) is 37.7 Å². The Morgan fingerprint density at radius 3 is 1.77 bits per heavy atom. The molecule has 0 saturated heterocycles. The summed E-state index contributed by atoms with van der Waals surface area (Å²) >= 11 is -0.354. The molecular formula is C12H15Sm-. The van der Waals surface area contributed by atoms with Crippen LogP contribution in [0.2, 0.25) is 0 Å². The molecule has 0 spiro atoms. The molecule has 0 aromatic rings. The summed E-state index contributed by atoms with van der Waals surface area (Å²) < 4.78 is 3.55. The fraction of sp³-hybridized carbons (Fsp3) is 0.333. The van der Waals surface area contributed by atoms with E-state index in [1.165, 1.54) is 12.8 Å². The van der Waals surface area contributed by atoms with Gasteiger partial charge in [-0.25, -0.2) is 0 Å². The molecule has 13 heavy (non-hydrogen) atoms. The smallest absolute Gasteiger partial charge is 1.00 e. The predicted molar refractivity (Wildman–Crippen MR) is 54.0 cm³/mol. The molecule has 0 bridgehead atoms. The van der Waals surface area contributed by atoms with E-state index in [9.17, 15) is 0 Å². The van der Waals surface area contributed by atoms with E-state index < -0.39 is 0 Å². The van der Waals surface area contributed by atoms with Gasteiger partial charge in [0.2, 0.25) is 0 Å². The van der Waals surface area contributed by atoms with Crippen LogP contribution in [0, 0.1) is 36.3 Å². The van der Waals surface area contributed by atoms with Crippen molar-refractivity contribution in [1.29, 1.82) is 0 Å². The largest absolute Gasteiger partial charge is 1.00 e. The van der Waals surface area contributed by atoms with Crippen molar-refractivity contribution in [2.75, 3.05) is 0 Å². The zero-order chi connectivity index (χ0) is 9.26. The topological polar surface area (TPSA) is 0 Å². The summed E-state index contributed by atoms with van der Waals surface area (Å²) in [5.41, 5.74) is 3.11. The van der Waals surface area contributed by atoms with Gasteiger partial charge in [0, 0.05) is 0 Å². The molecule has 0 radical (unpaired) electrons. The van der Waals surface area contributed by atoms with Crippen molar-refractivity contribution >= 4 is 0 Å². The van der Waals surface area contributed by atoms with Gasteiger partial charge in [0.05, 0.1) is 0 Å². The van der Waals surface area contributed by atoms with Gasteiger partial charge in [-0.1, -0.05) is 0 Å². The summed E-state index contributed by atoms with van der Waals surface area (Å²) in [6.07, 6.45) is 11.7. The SMILES string of the molecule is CC1=[C]([Sm][C]2=C(C)C=CC2)CC=C1.[H-]. The first kappa shape index (κ1) is 9.84. The van der Waals surface area contributed by atoms with Crippen molar-refractivity contribution in [3.05, 3.63) is 38.0 Å². The van der Waals surface area contributed by atoms with Crippen molar-refractivity contribution < 1.29 is 37.7 Å². The van der Waals surface area contributed by atoms with Gasteiger partial charge < -0.3 is 1.43 Å². The van der Waals surface area contributed by atoms with Crippen LogP contribution in [0.25, 0.3) is 0 Å². The third-order valence-corrected chi connectivity index (χ3v) is 7.18. The second-order valence-electron chi connectivity index (χ2n) is 3.53. The normalized spacial score (nSPS) is 21.1. The average Bonchev–Trinajstić information content (AvgIpc) is 2.65. The molecule has 0 aromatic carbocycles. The molecular weight excluding hydrogens is 294 g/mol. The molecule has 1 heteroatoms. The van der Waals surface area contributed by atoms with Crippen LogP contribution in [0.15, 0.2) is 38.0 Å². The number of allylic oxidation sites excluding steroid dienone is 8. The zero-order valence-corrected chi connectivity index (χ0v) is 10.8. The monoisotopic (exact) mass is 311 g/mol. The Morgan fingerprint density at radius 2 is 1.46 bits per heavy atom. The fourth-order valence-corrected chi connectivity index (χ4v) is 5.16. The van der Waals surface area contributed by atoms with Crippen LogP contribution in [0.3, 0.4) is 0 Å². The molecule has 2 aliphatic rings. The first-order valence-corrected chi connectivity index (χ1v) is 7.30. The van der Waals surface area contributed by atoms with Gasteiger partial charge in [0.1, 0.15) is 0 Å². The molecule has 0 aliphatic heterocycles. The van der Waals surface area contributed by atoms with Crippen molar-refractivity contribution in [1.82, 2.24) is 0 Å². The Bertz CT molecular complexity index is 311. The zero-order valence-electron chi connectivity index (χ0n) is 9.13. The van der Waals surface area contributed by atoms with E-state index >= 15 is 0 Å². The maximum Gasteiger partial charge on any atom is -1.00 e. The number of hydrogen-bond donors (Lipinski definition) is 0. The Morgan fingerprint density at radius 1 is 1.00 bits per heavy atom. The van der Waals surface area contributed by atoms with Crippen LogP contribution < -0.4 is 0 Å². The van der Waals surface area contributed by atoms with E-state index in [0.717, 1.165) is 0 Å². The minimum atomic E-state index is -0.354. The molecule has 2 aliphatic carbocycles. The summed E-state index contributed by atoms with van der Waals surface area (Å²) in [6.45, 7) is 4.52. The van der Waals surface area contributed by atoms with Crippen molar-refractivity contribution in [2.45, 2.75) is 26.7 Å². The van der Waals surface area contributed by atoms with E-state index in [0.29, 0.717) is 0 Å². The van der Waals surface area contributed by atoms with E-state index in [2.05, 4.69) is 38.2 Å². The maximum absolute atomic E-state index is 2.31. The summed E-state index contributed by atoms with van der Waals surface area (Å²) in [7, 11) is 0. The second-order valence-corrected chi connectivity index (χ2v) is 7.34. The molecule has 70 valence electrons. The van der Waals surface area contributed by atoms with Crippen LogP contribution in [0.5, 0.6) is 0 Å². The molecule has 0 nitrogen and oxygen atoms in total. The predicted octanol–water partition coefficient (Wildman–Crippen LogP) is 3.65. The van der Waals surface area contributed by atoms with Gasteiger partial charge in [0.25, 0.3) is 0 Å². The molecule has 0 fully saturated rings. The van der Waals surface area contributed by atoms with Crippen molar-refractivity contribution in [3.8, 4) is 0 Å². The second kappa shape index (κ2) is 4.21. The van der Waals surface area contributed by atoms with Crippen LogP contribution in [-0.4, -0.2) is 0 Å². The van der Waals surface area contributed by atoms with Crippen LogP contribution in [0.4, 0.5) is 0 Å². The Hall–Kier alpha value is 0.298. The van der Waals surface area contributed by atoms with Crippen LogP contribution in [0.1, 0.15) is 28.1 Å². The quantitative estimate of drug-likeness (QED) is 0.730. The molecule has 0 aromatic heterocycles. The first-order chi connectivity index (χ1) is 6.27. The minimum absolute atomic E-state index is 0. The van der Waals surface area contributed by atoms with Crippen molar-refractivity contribution in [2.24, 2.45) is 0 Å². The number of hydrogen-bond acceptors (Lipinski definition) is 0. The number of rotatable bonds is 2. The van der Waals surface area contributed by atoms with Crippen LogP contribution in [-0.2, 0) is 0 Å². The first-order valence-electron chi connectivity index (χ1n) is 4.68. The molecule has 0 saturated carbocycles. The summed E-state index contributed by atoms with van der Waals surface area (Å²) in [4.78, 5) is 0. The summed E-state index contributed by atoms with van der Waals surface area (Å²) in [5.74, 6) is 0. The van der Waals surface area contributed by atoms with Gasteiger partial charge in [0.15, 0.2) is 0 Å². The van der Waals surface area contributed by atoms with Crippen molar-refractivity contribution in [3.63, 3.8) is 0 Å². The van der Waals surface area contributed by atoms with Crippen LogP contribution >= 0.6 is 0 Å². The van der Waals surface area contributed by atoms with E-state index in [4.69, 9.17) is 0 Å². The van der Waals surface area contributed by atoms with Gasteiger partial charge in [-0.2, -0.15) is 0 Å². The van der Waals surface area contributed by atoms with Gasteiger partial charge in [-0.05, 0) is 0 Å². The van der Waals surface area contributed by atoms with Gasteiger partial charge >= 0.3 is 101 Å². The van der Waals surface area contributed by atoms with Gasteiger partial charge in [-0.3, -0.25) is 0 Å². The molecule has 0 unspecified atom stereocenters. The van der Waals surface area contributed by atoms with Gasteiger partial charge in [-0.15, -0.1) is 0 Å². The standard InChI is InChI=1S/2C6H7.Sm.H/c2*1-6-4-2-3-5-6;;/h2*2,4H,3H2,1H3;;/q;;;-1. The molecule has 0 N–H and O–H groups in total.